The predicted octanol–water partition coefficient (Wildman–Crippen LogP) is 2.57. The van der Waals surface area contributed by atoms with Crippen molar-refractivity contribution in [1.82, 2.24) is 4.90 Å². The van der Waals surface area contributed by atoms with Crippen molar-refractivity contribution in [1.29, 1.82) is 0 Å². The first-order valence-corrected chi connectivity index (χ1v) is 4.62. The maximum Gasteiger partial charge on any atom is 0.0415 e. The average molecular weight is 182 g/mol. The highest BCUT2D eigenvalue weighted by Gasteiger charge is 2.16. The van der Waals surface area contributed by atoms with Crippen LogP contribution in [-0.4, -0.2) is 31.8 Å². The Morgan fingerprint density at radius 2 is 1.69 bits per heavy atom. The van der Waals surface area contributed by atoms with Gasteiger partial charge in [-0.05, 0) is 13.0 Å². The maximum absolute atomic E-state index is 4.30. The molecule has 0 heterocycles. The van der Waals surface area contributed by atoms with Gasteiger partial charge in [0.2, 0.25) is 0 Å². The van der Waals surface area contributed by atoms with Crippen LogP contribution in [0.5, 0.6) is 0 Å². The molecule has 0 atom stereocenters. The molecule has 0 aromatic carbocycles. The molecule has 0 amide bonds. The van der Waals surface area contributed by atoms with E-state index in [1.807, 2.05) is 21.1 Å². The third-order valence-corrected chi connectivity index (χ3v) is 2.06. The van der Waals surface area contributed by atoms with E-state index < -0.39 is 0 Å². The molecule has 0 unspecified atom stereocenters. The fourth-order valence-corrected chi connectivity index (χ4v) is 0.943. The monoisotopic (exact) mass is 182 g/mol. The molecule has 2 heteroatoms. The highest BCUT2D eigenvalue weighted by Crippen LogP contribution is 2.18. The van der Waals surface area contributed by atoms with Gasteiger partial charge < -0.3 is 4.90 Å². The highest BCUT2D eigenvalue weighted by molar-refractivity contribution is 5.99. The van der Waals surface area contributed by atoms with Gasteiger partial charge in [-0.1, -0.05) is 20.8 Å². The van der Waals surface area contributed by atoms with Crippen molar-refractivity contribution in [2.45, 2.75) is 27.7 Å². The van der Waals surface area contributed by atoms with E-state index in [0.717, 1.165) is 5.71 Å². The van der Waals surface area contributed by atoms with Crippen LogP contribution in [-0.2, 0) is 0 Å². The van der Waals surface area contributed by atoms with E-state index in [1.54, 1.807) is 0 Å². The number of hydrogen-bond donors (Lipinski definition) is 0. The summed E-state index contributed by atoms with van der Waals surface area (Å²) in [6.45, 7) is 8.62. The molecule has 0 aromatic heterocycles. The van der Waals surface area contributed by atoms with Crippen LogP contribution >= 0.6 is 0 Å². The van der Waals surface area contributed by atoms with Crippen LogP contribution in [0.4, 0.5) is 0 Å². The summed E-state index contributed by atoms with van der Waals surface area (Å²) in [4.78, 5) is 6.39. The Morgan fingerprint density at radius 1 is 1.23 bits per heavy atom. The molecule has 0 aliphatic heterocycles. The summed E-state index contributed by atoms with van der Waals surface area (Å²) in [5.74, 6) is 0. The van der Waals surface area contributed by atoms with Gasteiger partial charge in [0.05, 0.1) is 0 Å². The van der Waals surface area contributed by atoms with Crippen molar-refractivity contribution >= 4 is 5.71 Å². The zero-order chi connectivity index (χ0) is 10.6. The summed E-state index contributed by atoms with van der Waals surface area (Å²) >= 11 is 0. The summed E-state index contributed by atoms with van der Waals surface area (Å²) < 4.78 is 0. The second-order valence-electron chi connectivity index (χ2n) is 4.54. The van der Waals surface area contributed by atoms with Crippen molar-refractivity contribution in [2.24, 2.45) is 10.4 Å². The van der Waals surface area contributed by atoms with Gasteiger partial charge in [0.15, 0.2) is 0 Å². The fraction of sp³-hybridized carbons (Fsp3) is 0.727. The Labute approximate surface area is 82.4 Å². The Morgan fingerprint density at radius 3 is 1.92 bits per heavy atom. The lowest BCUT2D eigenvalue weighted by molar-refractivity contribution is 0.512. The number of allylic oxidation sites excluding steroid dienone is 2. The molecule has 0 radical (unpaired) electrons. The fourth-order valence-electron chi connectivity index (χ4n) is 0.943. The van der Waals surface area contributed by atoms with Crippen molar-refractivity contribution in [3.05, 3.63) is 11.8 Å². The molecule has 0 N–H and O–H groups in total. The molecule has 0 saturated carbocycles. The van der Waals surface area contributed by atoms with Crippen LogP contribution in [0.1, 0.15) is 27.7 Å². The molecule has 0 aromatic rings. The smallest absolute Gasteiger partial charge is 0.0415 e. The first kappa shape index (κ1) is 12.2. The molecule has 0 fully saturated rings. The van der Waals surface area contributed by atoms with Crippen LogP contribution in [0.3, 0.4) is 0 Å². The summed E-state index contributed by atoms with van der Waals surface area (Å²) in [5, 5.41) is 0. The van der Waals surface area contributed by atoms with Gasteiger partial charge in [0, 0.05) is 38.0 Å². The lowest BCUT2D eigenvalue weighted by atomic mass is 9.89. The van der Waals surface area contributed by atoms with E-state index in [9.17, 15) is 0 Å². The number of nitrogens with zero attached hydrogens (tertiary/aromatic N) is 2. The number of rotatable bonds is 2. The summed E-state index contributed by atoms with van der Waals surface area (Å²) in [6, 6.07) is 0. The lowest BCUT2D eigenvalue weighted by Crippen LogP contribution is -2.20. The Hall–Kier alpha value is -0.790. The molecule has 0 spiro atoms. The summed E-state index contributed by atoms with van der Waals surface area (Å²) in [7, 11) is 5.93. The molecular weight excluding hydrogens is 160 g/mol. The molecule has 0 aliphatic carbocycles. The summed E-state index contributed by atoms with van der Waals surface area (Å²) in [6.07, 6.45) is 2.14. The van der Waals surface area contributed by atoms with E-state index in [2.05, 4.69) is 43.7 Å². The van der Waals surface area contributed by atoms with E-state index in [0.29, 0.717) is 0 Å². The van der Waals surface area contributed by atoms with Crippen molar-refractivity contribution in [3.63, 3.8) is 0 Å². The van der Waals surface area contributed by atoms with Crippen molar-refractivity contribution in [3.8, 4) is 0 Å². The Balaban J connectivity index is 4.77. The molecule has 0 aliphatic rings. The number of aliphatic imine (C=N–C) groups is 1. The van der Waals surface area contributed by atoms with E-state index in [4.69, 9.17) is 0 Å². The molecule has 0 rings (SSSR count). The van der Waals surface area contributed by atoms with Crippen LogP contribution in [0.2, 0.25) is 0 Å². The Bertz CT molecular complexity index is 217. The van der Waals surface area contributed by atoms with Crippen LogP contribution in [0, 0.1) is 5.41 Å². The third-order valence-electron chi connectivity index (χ3n) is 2.06. The van der Waals surface area contributed by atoms with Gasteiger partial charge in [-0.2, -0.15) is 0 Å². The van der Waals surface area contributed by atoms with Gasteiger partial charge >= 0.3 is 0 Å². The molecular formula is C11H22N2. The van der Waals surface area contributed by atoms with Gasteiger partial charge in [0.1, 0.15) is 0 Å². The van der Waals surface area contributed by atoms with Gasteiger partial charge in [0.25, 0.3) is 0 Å². The summed E-state index contributed by atoms with van der Waals surface area (Å²) in [5.41, 5.74) is 2.50. The second-order valence-corrected chi connectivity index (χ2v) is 4.54. The molecule has 2 nitrogen and oxygen atoms in total. The minimum absolute atomic E-state index is 0.131. The molecule has 0 saturated heterocycles. The molecule has 0 bridgehead atoms. The Kier molecular flexibility index (Phi) is 4.18. The first-order valence-electron chi connectivity index (χ1n) is 4.62. The zero-order valence-electron chi connectivity index (χ0n) is 9.97. The van der Waals surface area contributed by atoms with Gasteiger partial charge in [-0.25, -0.2) is 0 Å². The maximum atomic E-state index is 4.30. The van der Waals surface area contributed by atoms with Crippen molar-refractivity contribution < 1.29 is 0 Å². The highest BCUT2D eigenvalue weighted by atomic mass is 15.1. The minimum Gasteiger partial charge on any atom is -0.381 e. The van der Waals surface area contributed by atoms with Crippen LogP contribution in [0.15, 0.2) is 16.8 Å². The first-order chi connectivity index (χ1) is 5.79. The SMILES string of the molecule is CN=C(C=C(C)N(C)C)C(C)(C)C. The molecule has 76 valence electrons. The second kappa shape index (κ2) is 4.45. The standard InChI is InChI=1S/C11H22N2/c1-9(13(6)7)8-10(12-5)11(2,3)4/h8H,1-7H3. The van der Waals surface area contributed by atoms with E-state index >= 15 is 0 Å². The van der Waals surface area contributed by atoms with Crippen LogP contribution in [0.25, 0.3) is 0 Å². The normalized spacial score (nSPS) is 14.7. The predicted molar refractivity (Wildman–Crippen MR) is 60.3 cm³/mol. The number of hydrogen-bond acceptors (Lipinski definition) is 2. The van der Waals surface area contributed by atoms with Gasteiger partial charge in [-0.3, -0.25) is 4.99 Å². The van der Waals surface area contributed by atoms with E-state index in [-0.39, 0.29) is 5.41 Å². The topological polar surface area (TPSA) is 15.6 Å². The lowest BCUT2D eigenvalue weighted by Gasteiger charge is -2.21. The zero-order valence-corrected chi connectivity index (χ0v) is 9.97. The quantitative estimate of drug-likeness (QED) is 0.599. The molecule has 13 heavy (non-hydrogen) atoms. The minimum atomic E-state index is 0.131. The average Bonchev–Trinajstić information content (AvgIpc) is 1.96. The van der Waals surface area contributed by atoms with E-state index in [1.165, 1.54) is 5.70 Å². The van der Waals surface area contributed by atoms with Gasteiger partial charge in [-0.15, -0.1) is 0 Å². The largest absolute Gasteiger partial charge is 0.381 e. The van der Waals surface area contributed by atoms with Crippen molar-refractivity contribution in [2.75, 3.05) is 21.1 Å². The third kappa shape index (κ3) is 4.11. The van der Waals surface area contributed by atoms with Crippen LogP contribution < -0.4 is 0 Å².